The number of rotatable bonds is 7. The first kappa shape index (κ1) is 17.5. The summed E-state index contributed by atoms with van der Waals surface area (Å²) in [6, 6.07) is 10.4. The van der Waals surface area contributed by atoms with Crippen LogP contribution < -0.4 is 5.32 Å². The SMILES string of the molecule is CN(CCCNCCc1ccccc1)C(=O)OC(C)(C)C. The summed E-state index contributed by atoms with van der Waals surface area (Å²) >= 11 is 0. The maximum atomic E-state index is 11.7. The van der Waals surface area contributed by atoms with Crippen molar-refractivity contribution in [3.8, 4) is 0 Å². The van der Waals surface area contributed by atoms with Crippen LogP contribution in [0.15, 0.2) is 30.3 Å². The fraction of sp³-hybridized carbons (Fsp3) is 0.588. The van der Waals surface area contributed by atoms with Gasteiger partial charge in [-0.15, -0.1) is 0 Å². The van der Waals surface area contributed by atoms with Crippen molar-refractivity contribution in [3.63, 3.8) is 0 Å². The molecular weight excluding hydrogens is 264 g/mol. The molecule has 0 saturated heterocycles. The summed E-state index contributed by atoms with van der Waals surface area (Å²) in [5, 5.41) is 3.40. The second-order valence-corrected chi connectivity index (χ2v) is 6.24. The fourth-order valence-corrected chi connectivity index (χ4v) is 1.87. The molecule has 0 aromatic heterocycles. The highest BCUT2D eigenvalue weighted by Gasteiger charge is 2.18. The van der Waals surface area contributed by atoms with Crippen molar-refractivity contribution in [2.24, 2.45) is 0 Å². The first-order valence-electron chi connectivity index (χ1n) is 7.57. The molecule has 21 heavy (non-hydrogen) atoms. The van der Waals surface area contributed by atoms with E-state index in [1.165, 1.54) is 5.56 Å². The predicted octanol–water partition coefficient (Wildman–Crippen LogP) is 3.08. The third-order valence-corrected chi connectivity index (χ3v) is 2.99. The van der Waals surface area contributed by atoms with E-state index in [0.717, 1.165) is 25.9 Å². The van der Waals surface area contributed by atoms with E-state index < -0.39 is 5.60 Å². The van der Waals surface area contributed by atoms with Crippen molar-refractivity contribution < 1.29 is 9.53 Å². The lowest BCUT2D eigenvalue weighted by Crippen LogP contribution is -2.35. The van der Waals surface area contributed by atoms with Crippen LogP contribution in [0.5, 0.6) is 0 Å². The van der Waals surface area contributed by atoms with Gasteiger partial charge in [0.2, 0.25) is 0 Å². The summed E-state index contributed by atoms with van der Waals surface area (Å²) < 4.78 is 5.30. The van der Waals surface area contributed by atoms with E-state index >= 15 is 0 Å². The van der Waals surface area contributed by atoms with Gasteiger partial charge in [0.05, 0.1) is 0 Å². The molecule has 0 fully saturated rings. The lowest BCUT2D eigenvalue weighted by Gasteiger charge is -2.24. The molecule has 0 unspecified atom stereocenters. The average Bonchev–Trinajstić information content (AvgIpc) is 2.41. The Bertz CT molecular complexity index is 413. The molecule has 1 aromatic rings. The molecule has 0 bridgehead atoms. The number of amides is 1. The molecule has 0 spiro atoms. The molecule has 0 heterocycles. The molecule has 1 aromatic carbocycles. The van der Waals surface area contributed by atoms with Gasteiger partial charge in [0.1, 0.15) is 5.60 Å². The van der Waals surface area contributed by atoms with Crippen molar-refractivity contribution in [2.75, 3.05) is 26.7 Å². The van der Waals surface area contributed by atoms with Crippen LogP contribution in [0, 0.1) is 0 Å². The van der Waals surface area contributed by atoms with Gasteiger partial charge < -0.3 is 15.0 Å². The summed E-state index contributed by atoms with van der Waals surface area (Å²) in [6.45, 7) is 8.20. The molecule has 0 aliphatic heterocycles. The Labute approximate surface area is 128 Å². The van der Waals surface area contributed by atoms with Gasteiger partial charge in [-0.3, -0.25) is 0 Å². The summed E-state index contributed by atoms with van der Waals surface area (Å²) in [4.78, 5) is 13.4. The van der Waals surface area contributed by atoms with Crippen molar-refractivity contribution >= 4 is 6.09 Å². The zero-order valence-corrected chi connectivity index (χ0v) is 13.7. The van der Waals surface area contributed by atoms with Crippen molar-refractivity contribution in [1.82, 2.24) is 10.2 Å². The molecule has 4 nitrogen and oxygen atoms in total. The van der Waals surface area contributed by atoms with Crippen molar-refractivity contribution in [1.29, 1.82) is 0 Å². The van der Waals surface area contributed by atoms with Gasteiger partial charge in [0, 0.05) is 13.6 Å². The first-order valence-corrected chi connectivity index (χ1v) is 7.57. The van der Waals surface area contributed by atoms with Crippen LogP contribution in [0.1, 0.15) is 32.8 Å². The molecule has 1 N–H and O–H groups in total. The number of benzene rings is 1. The lowest BCUT2D eigenvalue weighted by atomic mass is 10.1. The van der Waals surface area contributed by atoms with Crippen molar-refractivity contribution in [3.05, 3.63) is 35.9 Å². The third kappa shape index (κ3) is 8.35. The molecule has 0 aliphatic carbocycles. The van der Waals surface area contributed by atoms with Crippen LogP contribution in [-0.4, -0.2) is 43.3 Å². The topological polar surface area (TPSA) is 41.6 Å². The monoisotopic (exact) mass is 292 g/mol. The van der Waals surface area contributed by atoms with E-state index in [4.69, 9.17) is 4.74 Å². The standard InChI is InChI=1S/C17H28N2O2/c1-17(2,3)21-16(20)19(4)14-8-12-18-13-11-15-9-6-5-7-10-15/h5-7,9-10,18H,8,11-14H2,1-4H3. The molecule has 1 amide bonds. The number of nitrogens with zero attached hydrogens (tertiary/aromatic N) is 1. The van der Waals surface area contributed by atoms with Crippen LogP contribution in [0.25, 0.3) is 0 Å². The Hall–Kier alpha value is -1.55. The van der Waals surface area contributed by atoms with Gasteiger partial charge in [-0.1, -0.05) is 30.3 Å². The zero-order valence-electron chi connectivity index (χ0n) is 13.7. The van der Waals surface area contributed by atoms with Gasteiger partial charge in [-0.25, -0.2) is 4.79 Å². The quantitative estimate of drug-likeness (QED) is 0.785. The van der Waals surface area contributed by atoms with Gasteiger partial charge in [-0.2, -0.15) is 0 Å². The van der Waals surface area contributed by atoms with Gasteiger partial charge in [-0.05, 0) is 52.3 Å². The number of hydrogen-bond donors (Lipinski definition) is 1. The van der Waals surface area contributed by atoms with Crippen LogP contribution in [0.4, 0.5) is 4.79 Å². The Morgan fingerprint density at radius 3 is 2.48 bits per heavy atom. The molecule has 1 rings (SSSR count). The van der Waals surface area contributed by atoms with Crippen LogP contribution >= 0.6 is 0 Å². The fourth-order valence-electron chi connectivity index (χ4n) is 1.87. The van der Waals surface area contributed by atoms with E-state index in [0.29, 0.717) is 6.54 Å². The largest absolute Gasteiger partial charge is 0.444 e. The minimum absolute atomic E-state index is 0.258. The third-order valence-electron chi connectivity index (χ3n) is 2.99. The maximum absolute atomic E-state index is 11.7. The van der Waals surface area contributed by atoms with Crippen molar-refractivity contribution in [2.45, 2.75) is 39.2 Å². The summed E-state index contributed by atoms with van der Waals surface area (Å²) in [5.74, 6) is 0. The summed E-state index contributed by atoms with van der Waals surface area (Å²) in [5.41, 5.74) is 0.912. The highest BCUT2D eigenvalue weighted by molar-refractivity contribution is 5.67. The van der Waals surface area contributed by atoms with E-state index in [-0.39, 0.29) is 6.09 Å². The average molecular weight is 292 g/mol. The van der Waals surface area contributed by atoms with Crippen LogP contribution in [0.3, 0.4) is 0 Å². The van der Waals surface area contributed by atoms with E-state index in [2.05, 4.69) is 29.6 Å². The first-order chi connectivity index (χ1) is 9.88. The highest BCUT2D eigenvalue weighted by atomic mass is 16.6. The molecule has 0 atom stereocenters. The zero-order chi connectivity index (χ0) is 15.7. The molecule has 118 valence electrons. The molecular formula is C17H28N2O2. The highest BCUT2D eigenvalue weighted by Crippen LogP contribution is 2.09. The number of carbonyl (C=O) groups excluding carboxylic acids is 1. The molecule has 4 heteroatoms. The van der Waals surface area contributed by atoms with Gasteiger partial charge >= 0.3 is 6.09 Å². The molecule has 0 saturated carbocycles. The summed E-state index contributed by atoms with van der Waals surface area (Å²) in [7, 11) is 1.78. The number of nitrogens with one attached hydrogen (secondary N) is 1. The Morgan fingerprint density at radius 1 is 1.19 bits per heavy atom. The van der Waals surface area contributed by atoms with E-state index in [9.17, 15) is 4.79 Å². The van der Waals surface area contributed by atoms with Crippen LogP contribution in [-0.2, 0) is 11.2 Å². The molecule has 0 radical (unpaired) electrons. The second-order valence-electron chi connectivity index (χ2n) is 6.24. The van der Waals surface area contributed by atoms with Crippen LogP contribution in [0.2, 0.25) is 0 Å². The predicted molar refractivity (Wildman–Crippen MR) is 86.5 cm³/mol. The number of ether oxygens (including phenoxy) is 1. The Kier molecular flexibility index (Phi) is 7.23. The van der Waals surface area contributed by atoms with E-state index in [1.54, 1.807) is 11.9 Å². The second kappa shape index (κ2) is 8.67. The number of carbonyl (C=O) groups is 1. The van der Waals surface area contributed by atoms with Gasteiger partial charge in [0.15, 0.2) is 0 Å². The van der Waals surface area contributed by atoms with E-state index in [1.807, 2.05) is 26.8 Å². The normalized spacial score (nSPS) is 11.2. The summed E-state index contributed by atoms with van der Waals surface area (Å²) in [6.07, 6.45) is 1.69. The Balaban J connectivity index is 2.07. The maximum Gasteiger partial charge on any atom is 0.410 e. The lowest BCUT2D eigenvalue weighted by molar-refractivity contribution is 0.0297. The number of hydrogen-bond acceptors (Lipinski definition) is 3. The Morgan fingerprint density at radius 2 is 1.86 bits per heavy atom. The minimum Gasteiger partial charge on any atom is -0.444 e. The van der Waals surface area contributed by atoms with Gasteiger partial charge in [0.25, 0.3) is 0 Å². The minimum atomic E-state index is -0.431. The smallest absolute Gasteiger partial charge is 0.410 e. The molecule has 0 aliphatic rings.